The summed E-state index contributed by atoms with van der Waals surface area (Å²) in [6.45, 7) is 33.2. The quantitative estimate of drug-likeness (QED) is 0.169. The molecule has 4 aliphatic carbocycles. The lowest BCUT2D eigenvalue weighted by Crippen LogP contribution is -2.38. The second kappa shape index (κ2) is 14.3. The fourth-order valence-corrected chi connectivity index (χ4v) is 8.84. The maximum atomic E-state index is 12.3. The summed E-state index contributed by atoms with van der Waals surface area (Å²) in [6, 6.07) is 0. The van der Waals surface area contributed by atoms with E-state index in [2.05, 4.69) is 46.1 Å². The number of esters is 4. The van der Waals surface area contributed by atoms with Gasteiger partial charge in [0.1, 0.15) is 24.4 Å². The number of aliphatic hydroxyl groups is 2. The Labute approximate surface area is 294 Å². The molecule has 270 valence electrons. The van der Waals surface area contributed by atoms with Crippen LogP contribution in [0.4, 0.5) is 0 Å². The Morgan fingerprint density at radius 1 is 0.740 bits per heavy atom. The summed E-state index contributed by atoms with van der Waals surface area (Å²) < 4.78 is 22.6. The molecule has 2 N–H and O–H groups in total. The van der Waals surface area contributed by atoms with Crippen molar-refractivity contribution in [1.82, 2.24) is 0 Å². The molecule has 2 saturated heterocycles. The summed E-state index contributed by atoms with van der Waals surface area (Å²) in [5, 5.41) is 20.5. The first-order valence-electron chi connectivity index (χ1n) is 17.5. The molecular formula is C40H50O10. The van der Waals surface area contributed by atoms with E-state index in [4.69, 9.17) is 18.9 Å². The van der Waals surface area contributed by atoms with Crippen LogP contribution in [0.3, 0.4) is 0 Å². The van der Waals surface area contributed by atoms with E-state index in [0.717, 1.165) is 11.1 Å². The second-order valence-electron chi connectivity index (χ2n) is 14.7. The van der Waals surface area contributed by atoms with Crippen LogP contribution in [0.25, 0.3) is 0 Å². The average Bonchev–Trinajstić information content (AvgIpc) is 3.70. The summed E-state index contributed by atoms with van der Waals surface area (Å²) >= 11 is 0. The first-order valence-corrected chi connectivity index (χ1v) is 17.5. The van der Waals surface area contributed by atoms with Gasteiger partial charge in [0.25, 0.3) is 0 Å². The lowest BCUT2D eigenvalue weighted by atomic mass is 9.79. The molecule has 6 aliphatic rings. The minimum Gasteiger partial charge on any atom is -0.458 e. The van der Waals surface area contributed by atoms with Gasteiger partial charge in [-0.3, -0.25) is 0 Å². The summed E-state index contributed by atoms with van der Waals surface area (Å²) in [5.41, 5.74) is 3.87. The first kappa shape index (κ1) is 37.2. The highest BCUT2D eigenvalue weighted by Gasteiger charge is 2.58. The van der Waals surface area contributed by atoms with Gasteiger partial charge < -0.3 is 29.2 Å². The van der Waals surface area contributed by atoms with Crippen molar-refractivity contribution >= 4 is 23.9 Å². The van der Waals surface area contributed by atoms with Crippen molar-refractivity contribution in [3.05, 3.63) is 85.1 Å². The van der Waals surface area contributed by atoms with Crippen molar-refractivity contribution in [2.75, 3.05) is 0 Å². The Balaban J connectivity index is 0.000000194. The van der Waals surface area contributed by atoms with Crippen LogP contribution in [0.15, 0.2) is 85.1 Å². The van der Waals surface area contributed by atoms with E-state index in [0.29, 0.717) is 66.4 Å². The SMILES string of the molecule is C=C(CC)C(=O)OC1CC(=C)C2CC(O)C(=C)C2C2OC(=O)C(=C)C12.C=C(CC)C(=O)OC1CC(=C)C2CC(O)C(C)C2C2OC(=O)C(=C)C12. The fourth-order valence-electron chi connectivity index (χ4n) is 8.84. The zero-order valence-electron chi connectivity index (χ0n) is 29.4. The molecular weight excluding hydrogens is 640 g/mol. The lowest BCUT2D eigenvalue weighted by Gasteiger charge is -2.30. The fraction of sp³-hybridized carbons (Fsp3) is 0.550. The van der Waals surface area contributed by atoms with Crippen LogP contribution >= 0.6 is 0 Å². The Morgan fingerprint density at radius 3 is 1.70 bits per heavy atom. The molecule has 0 aromatic rings. The molecule has 0 bridgehead atoms. The Kier molecular flexibility index (Phi) is 10.7. The van der Waals surface area contributed by atoms with Crippen LogP contribution in [-0.4, -0.2) is 70.7 Å². The van der Waals surface area contributed by atoms with E-state index in [-0.39, 0.29) is 29.6 Å². The van der Waals surface area contributed by atoms with E-state index in [1.165, 1.54) is 0 Å². The Bertz CT molecular complexity index is 1570. The smallest absolute Gasteiger partial charge is 0.334 e. The number of hydrogen-bond donors (Lipinski definition) is 2. The van der Waals surface area contributed by atoms with Crippen LogP contribution in [0.2, 0.25) is 0 Å². The monoisotopic (exact) mass is 690 g/mol. The van der Waals surface area contributed by atoms with Gasteiger partial charge in [-0.25, -0.2) is 19.2 Å². The predicted molar refractivity (Wildman–Crippen MR) is 185 cm³/mol. The summed E-state index contributed by atoms with van der Waals surface area (Å²) in [6.07, 6.45) is -0.246. The van der Waals surface area contributed by atoms with E-state index < -0.39 is 72.3 Å². The number of hydrogen-bond acceptors (Lipinski definition) is 10. The van der Waals surface area contributed by atoms with Crippen LogP contribution in [0.1, 0.15) is 59.3 Å². The van der Waals surface area contributed by atoms with Crippen LogP contribution < -0.4 is 0 Å². The number of carbonyl (C=O) groups excluding carboxylic acids is 4. The molecule has 2 aliphatic heterocycles. The van der Waals surface area contributed by atoms with Crippen molar-refractivity contribution < 1.29 is 48.3 Å². The van der Waals surface area contributed by atoms with Crippen molar-refractivity contribution in [3.63, 3.8) is 0 Å². The average molecular weight is 691 g/mol. The first-order chi connectivity index (χ1) is 23.5. The molecule has 13 unspecified atom stereocenters. The number of carbonyl (C=O) groups is 4. The van der Waals surface area contributed by atoms with Gasteiger partial charge in [-0.2, -0.15) is 0 Å². The number of fused-ring (bicyclic) bond motifs is 6. The summed E-state index contributed by atoms with van der Waals surface area (Å²) in [5.74, 6) is -2.99. The van der Waals surface area contributed by atoms with Crippen molar-refractivity contribution in [2.45, 2.75) is 95.9 Å². The third kappa shape index (κ3) is 6.48. The molecule has 10 heteroatoms. The zero-order valence-corrected chi connectivity index (χ0v) is 29.4. The number of ether oxygens (including phenoxy) is 4. The minimum absolute atomic E-state index is 0.0204. The van der Waals surface area contributed by atoms with Crippen molar-refractivity contribution in [1.29, 1.82) is 0 Å². The van der Waals surface area contributed by atoms with Crippen LogP contribution in [0, 0.1) is 41.4 Å². The topological polar surface area (TPSA) is 146 Å². The number of aliphatic hydroxyl groups excluding tert-OH is 2. The van der Waals surface area contributed by atoms with Gasteiger partial charge >= 0.3 is 23.9 Å². The standard InChI is InChI=1S/C20H26O5.C20H24O5/c2*1-6-9(2)19(22)24-15-7-10(3)13-8-14(21)11(4)16(13)18-17(15)12(5)20(23)25-18/h11,13-18,21H,2-3,5-8H2,1,4H3;13-18,21H,2-8H2,1H3. The van der Waals surface area contributed by atoms with Gasteiger partial charge in [-0.15, -0.1) is 0 Å². The summed E-state index contributed by atoms with van der Waals surface area (Å²) in [4.78, 5) is 48.8. The molecule has 10 nitrogen and oxygen atoms in total. The highest BCUT2D eigenvalue weighted by atomic mass is 16.6. The molecule has 2 heterocycles. The van der Waals surface area contributed by atoms with Crippen LogP contribution in [-0.2, 0) is 38.1 Å². The molecule has 0 aromatic heterocycles. The minimum atomic E-state index is -0.640. The van der Waals surface area contributed by atoms with Gasteiger partial charge in [-0.05, 0) is 49.0 Å². The van der Waals surface area contributed by atoms with E-state index in [9.17, 15) is 29.4 Å². The van der Waals surface area contributed by atoms with Gasteiger partial charge in [0.2, 0.25) is 0 Å². The van der Waals surface area contributed by atoms with Crippen LogP contribution in [0.5, 0.6) is 0 Å². The molecule has 0 radical (unpaired) electrons. The lowest BCUT2D eigenvalue weighted by molar-refractivity contribution is -0.150. The Morgan fingerprint density at radius 2 is 1.20 bits per heavy atom. The van der Waals surface area contributed by atoms with E-state index >= 15 is 0 Å². The predicted octanol–water partition coefficient (Wildman–Crippen LogP) is 5.03. The Hall–Kier alpha value is -4.02. The highest BCUT2D eigenvalue weighted by Crippen LogP contribution is 2.54. The maximum absolute atomic E-state index is 12.3. The largest absolute Gasteiger partial charge is 0.458 e. The van der Waals surface area contributed by atoms with Crippen molar-refractivity contribution in [2.24, 2.45) is 41.4 Å². The van der Waals surface area contributed by atoms with Gasteiger partial charge in [0, 0.05) is 47.0 Å². The molecule has 13 atom stereocenters. The molecule has 0 aromatic carbocycles. The zero-order chi connectivity index (χ0) is 36.9. The third-order valence-corrected chi connectivity index (χ3v) is 11.9. The van der Waals surface area contributed by atoms with Gasteiger partial charge in [0.05, 0.1) is 24.0 Å². The van der Waals surface area contributed by atoms with Crippen molar-refractivity contribution in [3.8, 4) is 0 Å². The summed E-state index contributed by atoms with van der Waals surface area (Å²) in [7, 11) is 0. The number of rotatable bonds is 6. The highest BCUT2D eigenvalue weighted by molar-refractivity contribution is 5.92. The molecule has 0 spiro atoms. The van der Waals surface area contributed by atoms with E-state index in [1.807, 2.05) is 20.8 Å². The van der Waals surface area contributed by atoms with Gasteiger partial charge in [0.15, 0.2) is 0 Å². The van der Waals surface area contributed by atoms with Gasteiger partial charge in [-0.1, -0.05) is 78.0 Å². The molecule has 50 heavy (non-hydrogen) atoms. The normalized spacial score (nSPS) is 38.7. The molecule has 4 saturated carbocycles. The maximum Gasteiger partial charge on any atom is 0.334 e. The third-order valence-electron chi connectivity index (χ3n) is 11.9. The molecule has 0 amide bonds. The molecule has 6 fully saturated rings. The molecule has 6 rings (SSSR count). The van der Waals surface area contributed by atoms with E-state index in [1.54, 1.807) is 0 Å². The second-order valence-corrected chi connectivity index (χ2v) is 14.7.